The molecular weight excluding hydrogens is 420 g/mol. The van der Waals surface area contributed by atoms with E-state index in [1.54, 1.807) is 36.2 Å². The highest BCUT2D eigenvalue weighted by Gasteiger charge is 2.27. The van der Waals surface area contributed by atoms with Crippen LogP contribution in [0.25, 0.3) is 0 Å². The number of H-pyrrole nitrogens is 1. The summed E-state index contributed by atoms with van der Waals surface area (Å²) in [6, 6.07) is 17.8. The SMILES string of the molecule is CC(=O)Oc1ccc(C(=O)N2CCC(c3cc(C(=O)N(C)c4ccccc4)n[nH]3)CC2)cc1. The number of hydrogen-bond acceptors (Lipinski definition) is 5. The first-order chi connectivity index (χ1) is 15.9. The van der Waals surface area contributed by atoms with E-state index in [0.29, 0.717) is 30.1 Å². The number of likely N-dealkylation sites (tertiary alicyclic amines) is 1. The number of piperidine rings is 1. The molecule has 33 heavy (non-hydrogen) atoms. The van der Waals surface area contributed by atoms with E-state index in [4.69, 9.17) is 4.74 Å². The minimum atomic E-state index is -0.397. The summed E-state index contributed by atoms with van der Waals surface area (Å²) in [5.74, 6) is 0.00422. The lowest BCUT2D eigenvalue weighted by Crippen LogP contribution is -2.38. The number of carbonyl (C=O) groups excluding carboxylic acids is 3. The number of rotatable bonds is 5. The maximum absolute atomic E-state index is 12.8. The van der Waals surface area contributed by atoms with Crippen LogP contribution in [0.5, 0.6) is 5.75 Å². The molecule has 2 heterocycles. The molecule has 2 amide bonds. The highest BCUT2D eigenvalue weighted by atomic mass is 16.5. The zero-order chi connectivity index (χ0) is 23.4. The molecule has 170 valence electrons. The number of hydrogen-bond donors (Lipinski definition) is 1. The van der Waals surface area contributed by atoms with Gasteiger partial charge in [-0.15, -0.1) is 0 Å². The fraction of sp³-hybridized carbons (Fsp3) is 0.280. The summed E-state index contributed by atoms with van der Waals surface area (Å²) < 4.78 is 5.02. The van der Waals surface area contributed by atoms with Crippen molar-refractivity contribution in [2.45, 2.75) is 25.7 Å². The van der Waals surface area contributed by atoms with Gasteiger partial charge in [-0.3, -0.25) is 19.5 Å². The van der Waals surface area contributed by atoms with Crippen molar-refractivity contribution < 1.29 is 19.1 Å². The van der Waals surface area contributed by atoms with E-state index in [2.05, 4.69) is 10.2 Å². The van der Waals surface area contributed by atoms with Crippen molar-refractivity contribution in [3.8, 4) is 5.75 Å². The van der Waals surface area contributed by atoms with E-state index in [1.165, 1.54) is 6.92 Å². The zero-order valence-electron chi connectivity index (χ0n) is 18.7. The van der Waals surface area contributed by atoms with Gasteiger partial charge in [-0.25, -0.2) is 0 Å². The second kappa shape index (κ2) is 9.68. The highest BCUT2D eigenvalue weighted by Crippen LogP contribution is 2.28. The Morgan fingerprint density at radius 3 is 2.33 bits per heavy atom. The zero-order valence-corrected chi connectivity index (χ0v) is 18.7. The molecule has 0 unspecified atom stereocenters. The predicted molar refractivity (Wildman–Crippen MR) is 123 cm³/mol. The van der Waals surface area contributed by atoms with Gasteiger partial charge in [0, 0.05) is 49.9 Å². The van der Waals surface area contributed by atoms with E-state index in [1.807, 2.05) is 41.3 Å². The third-order valence-corrected chi connectivity index (χ3v) is 5.85. The highest BCUT2D eigenvalue weighted by molar-refractivity contribution is 6.04. The van der Waals surface area contributed by atoms with Crippen LogP contribution in [0, 0.1) is 0 Å². The van der Waals surface area contributed by atoms with E-state index in [0.717, 1.165) is 24.2 Å². The number of anilines is 1. The number of para-hydroxylation sites is 1. The van der Waals surface area contributed by atoms with Crippen molar-refractivity contribution in [1.29, 1.82) is 0 Å². The maximum atomic E-state index is 12.8. The topological polar surface area (TPSA) is 95.6 Å². The summed E-state index contributed by atoms with van der Waals surface area (Å²) in [5.41, 5.74) is 2.66. The van der Waals surface area contributed by atoms with Crippen LogP contribution in [-0.2, 0) is 4.79 Å². The largest absolute Gasteiger partial charge is 0.427 e. The van der Waals surface area contributed by atoms with Gasteiger partial charge in [0.2, 0.25) is 0 Å². The van der Waals surface area contributed by atoms with Gasteiger partial charge in [0.15, 0.2) is 5.69 Å². The molecule has 0 spiro atoms. The van der Waals surface area contributed by atoms with Gasteiger partial charge in [-0.05, 0) is 55.3 Å². The summed E-state index contributed by atoms with van der Waals surface area (Å²) in [7, 11) is 1.73. The van der Waals surface area contributed by atoms with Crippen LogP contribution in [0.15, 0.2) is 60.7 Å². The van der Waals surface area contributed by atoms with Gasteiger partial charge in [-0.2, -0.15) is 5.10 Å². The first-order valence-corrected chi connectivity index (χ1v) is 10.9. The number of carbonyl (C=O) groups is 3. The Labute approximate surface area is 192 Å². The molecule has 0 atom stereocenters. The molecule has 8 nitrogen and oxygen atoms in total. The van der Waals surface area contributed by atoms with Crippen LogP contribution >= 0.6 is 0 Å². The fourth-order valence-corrected chi connectivity index (χ4v) is 4.00. The van der Waals surface area contributed by atoms with E-state index >= 15 is 0 Å². The Bertz CT molecular complexity index is 1130. The third-order valence-electron chi connectivity index (χ3n) is 5.85. The van der Waals surface area contributed by atoms with Crippen LogP contribution in [0.1, 0.15) is 52.2 Å². The number of amides is 2. The molecule has 1 fully saturated rings. The monoisotopic (exact) mass is 446 g/mol. The molecule has 1 N–H and O–H groups in total. The molecule has 3 aromatic rings. The minimum Gasteiger partial charge on any atom is -0.427 e. The number of ether oxygens (including phenoxy) is 1. The number of nitrogens with one attached hydrogen (secondary N) is 1. The molecule has 8 heteroatoms. The van der Waals surface area contributed by atoms with E-state index < -0.39 is 5.97 Å². The van der Waals surface area contributed by atoms with Crippen molar-refractivity contribution in [2.24, 2.45) is 0 Å². The minimum absolute atomic E-state index is 0.0483. The Morgan fingerprint density at radius 1 is 1.03 bits per heavy atom. The lowest BCUT2D eigenvalue weighted by atomic mass is 9.93. The molecule has 0 aliphatic carbocycles. The molecule has 1 aliphatic rings. The summed E-state index contributed by atoms with van der Waals surface area (Å²) in [6.45, 7) is 2.56. The quantitative estimate of drug-likeness (QED) is 0.477. The summed E-state index contributed by atoms with van der Waals surface area (Å²) >= 11 is 0. The van der Waals surface area contributed by atoms with Crippen molar-refractivity contribution in [1.82, 2.24) is 15.1 Å². The standard InChI is InChI=1S/C25H26N4O4/c1-17(30)33-21-10-8-19(9-11-21)24(31)29-14-12-18(13-15-29)22-16-23(27-26-22)25(32)28(2)20-6-4-3-5-7-20/h3-11,16,18H,12-15H2,1-2H3,(H,26,27). The van der Waals surface area contributed by atoms with Gasteiger partial charge in [0.1, 0.15) is 5.75 Å². The molecule has 1 aliphatic heterocycles. The average molecular weight is 447 g/mol. The van der Waals surface area contributed by atoms with Crippen molar-refractivity contribution in [2.75, 3.05) is 25.0 Å². The second-order valence-electron chi connectivity index (χ2n) is 8.09. The Hall–Kier alpha value is -3.94. The molecular formula is C25H26N4O4. The summed E-state index contributed by atoms with van der Waals surface area (Å²) in [6.07, 6.45) is 1.56. The number of aromatic amines is 1. The van der Waals surface area contributed by atoms with Gasteiger partial charge in [-0.1, -0.05) is 18.2 Å². The molecule has 0 radical (unpaired) electrons. The molecule has 0 saturated carbocycles. The predicted octanol–water partition coefficient (Wildman–Crippen LogP) is 3.63. The van der Waals surface area contributed by atoms with E-state index in [9.17, 15) is 14.4 Å². The summed E-state index contributed by atoms with van der Waals surface area (Å²) in [5, 5.41) is 7.25. The molecule has 1 saturated heterocycles. The molecule has 0 bridgehead atoms. The first kappa shape index (κ1) is 22.3. The Kier molecular flexibility index (Phi) is 6.53. The number of esters is 1. The lowest BCUT2D eigenvalue weighted by Gasteiger charge is -2.31. The molecule has 2 aromatic carbocycles. The van der Waals surface area contributed by atoms with Crippen molar-refractivity contribution >= 4 is 23.5 Å². The first-order valence-electron chi connectivity index (χ1n) is 10.9. The summed E-state index contributed by atoms with van der Waals surface area (Å²) in [4.78, 5) is 40.1. The van der Waals surface area contributed by atoms with Gasteiger partial charge >= 0.3 is 5.97 Å². The van der Waals surface area contributed by atoms with Gasteiger partial charge in [0.25, 0.3) is 11.8 Å². The maximum Gasteiger partial charge on any atom is 0.308 e. The lowest BCUT2D eigenvalue weighted by molar-refractivity contribution is -0.131. The van der Waals surface area contributed by atoms with Gasteiger partial charge < -0.3 is 14.5 Å². The smallest absolute Gasteiger partial charge is 0.308 e. The molecule has 4 rings (SSSR count). The van der Waals surface area contributed by atoms with Crippen LogP contribution in [0.2, 0.25) is 0 Å². The number of benzene rings is 2. The van der Waals surface area contributed by atoms with Crippen LogP contribution in [-0.4, -0.2) is 53.0 Å². The number of nitrogens with zero attached hydrogens (tertiary/aromatic N) is 3. The fourth-order valence-electron chi connectivity index (χ4n) is 4.00. The van der Waals surface area contributed by atoms with Crippen molar-refractivity contribution in [3.63, 3.8) is 0 Å². The third kappa shape index (κ3) is 5.11. The Balaban J connectivity index is 1.34. The van der Waals surface area contributed by atoms with E-state index in [-0.39, 0.29) is 17.7 Å². The Morgan fingerprint density at radius 2 is 1.70 bits per heavy atom. The number of aromatic nitrogens is 2. The van der Waals surface area contributed by atoms with Gasteiger partial charge in [0.05, 0.1) is 0 Å². The van der Waals surface area contributed by atoms with Crippen LogP contribution in [0.3, 0.4) is 0 Å². The second-order valence-corrected chi connectivity index (χ2v) is 8.09. The van der Waals surface area contributed by atoms with Crippen LogP contribution in [0.4, 0.5) is 5.69 Å². The normalized spacial score (nSPS) is 14.1. The average Bonchev–Trinajstić information content (AvgIpc) is 3.34. The van der Waals surface area contributed by atoms with Crippen molar-refractivity contribution in [3.05, 3.63) is 77.6 Å². The van der Waals surface area contributed by atoms with Crippen LogP contribution < -0.4 is 9.64 Å². The molecule has 1 aromatic heterocycles.